The molecule has 5 nitrogen and oxygen atoms in total. The molecule has 0 aliphatic carbocycles. The van der Waals surface area contributed by atoms with E-state index in [2.05, 4.69) is 30.5 Å². The average Bonchev–Trinajstić information content (AvgIpc) is 2.55. The summed E-state index contributed by atoms with van der Waals surface area (Å²) in [5, 5.41) is 0. The van der Waals surface area contributed by atoms with Gasteiger partial charge >= 0.3 is 0 Å². The van der Waals surface area contributed by atoms with E-state index in [1.165, 1.54) is 10.5 Å². The van der Waals surface area contributed by atoms with Crippen LogP contribution in [0.25, 0.3) is 0 Å². The molecule has 0 spiro atoms. The van der Waals surface area contributed by atoms with Crippen molar-refractivity contribution in [2.45, 2.75) is 24.3 Å². The van der Waals surface area contributed by atoms with E-state index in [4.69, 9.17) is 5.73 Å². The van der Waals surface area contributed by atoms with Crippen LogP contribution in [0.3, 0.4) is 0 Å². The molecular weight excluding hydrogens is 310 g/mol. The number of likely N-dealkylation sites (N-methyl/N-ethyl adjacent to an activating group) is 1. The van der Waals surface area contributed by atoms with E-state index in [0.29, 0.717) is 13.1 Å². The van der Waals surface area contributed by atoms with Crippen molar-refractivity contribution in [1.82, 2.24) is 9.80 Å². The molecule has 2 N–H and O–H groups in total. The van der Waals surface area contributed by atoms with Gasteiger partial charge in [-0.25, -0.2) is 0 Å². The van der Waals surface area contributed by atoms with Crippen LogP contribution in [-0.4, -0.2) is 54.6 Å². The van der Waals surface area contributed by atoms with Gasteiger partial charge in [0.05, 0.1) is 12.5 Å². The molecule has 1 heterocycles. The topological polar surface area (TPSA) is 66.6 Å². The van der Waals surface area contributed by atoms with Crippen molar-refractivity contribution in [2.24, 2.45) is 11.7 Å². The first-order valence-corrected chi connectivity index (χ1v) is 9.10. The van der Waals surface area contributed by atoms with Gasteiger partial charge in [-0.3, -0.25) is 14.5 Å². The van der Waals surface area contributed by atoms with Gasteiger partial charge in [0.25, 0.3) is 0 Å². The van der Waals surface area contributed by atoms with E-state index in [1.807, 2.05) is 11.9 Å². The molecule has 0 radical (unpaired) electrons. The Kier molecular flexibility index (Phi) is 6.47. The number of rotatable bonds is 6. The second kappa shape index (κ2) is 8.36. The van der Waals surface area contributed by atoms with E-state index in [0.717, 1.165) is 25.9 Å². The van der Waals surface area contributed by atoms with Gasteiger partial charge in [0.15, 0.2) is 0 Å². The SMILES string of the molecule is CSc1ccc(CN(C)CC(=O)N2CCCC(C(N)=O)C2)cc1. The van der Waals surface area contributed by atoms with Gasteiger partial charge in [0.1, 0.15) is 0 Å². The molecule has 6 heteroatoms. The summed E-state index contributed by atoms with van der Waals surface area (Å²) < 4.78 is 0. The number of amides is 2. The Labute approximate surface area is 142 Å². The summed E-state index contributed by atoms with van der Waals surface area (Å²) >= 11 is 1.72. The minimum atomic E-state index is -0.301. The normalized spacial score (nSPS) is 18.2. The van der Waals surface area contributed by atoms with E-state index in [1.54, 1.807) is 16.7 Å². The standard InChI is InChI=1S/C17H25N3O2S/c1-19(10-13-5-7-15(23-2)8-6-13)12-16(21)20-9-3-4-14(11-20)17(18)22/h5-8,14H,3-4,9-12H2,1-2H3,(H2,18,22). The van der Waals surface area contributed by atoms with Crippen LogP contribution in [0.2, 0.25) is 0 Å². The second-order valence-electron chi connectivity index (χ2n) is 6.10. The lowest BCUT2D eigenvalue weighted by atomic mass is 9.97. The van der Waals surface area contributed by atoms with Gasteiger partial charge in [0, 0.05) is 24.5 Å². The van der Waals surface area contributed by atoms with E-state index >= 15 is 0 Å². The Morgan fingerprint density at radius 2 is 2.04 bits per heavy atom. The van der Waals surface area contributed by atoms with Crippen LogP contribution >= 0.6 is 11.8 Å². The lowest BCUT2D eigenvalue weighted by Gasteiger charge is -2.32. The number of benzene rings is 1. The Morgan fingerprint density at radius 3 is 2.65 bits per heavy atom. The molecule has 1 unspecified atom stereocenters. The quantitative estimate of drug-likeness (QED) is 0.801. The third-order valence-corrected chi connectivity index (χ3v) is 4.94. The maximum Gasteiger partial charge on any atom is 0.236 e. The zero-order valence-corrected chi connectivity index (χ0v) is 14.6. The fourth-order valence-corrected chi connectivity index (χ4v) is 3.27. The predicted molar refractivity (Wildman–Crippen MR) is 93.1 cm³/mol. The zero-order chi connectivity index (χ0) is 16.8. The third kappa shape index (κ3) is 5.25. The summed E-state index contributed by atoms with van der Waals surface area (Å²) in [6.07, 6.45) is 3.69. The summed E-state index contributed by atoms with van der Waals surface area (Å²) in [5.41, 5.74) is 6.55. The summed E-state index contributed by atoms with van der Waals surface area (Å²) in [6, 6.07) is 8.38. The fraction of sp³-hybridized carbons (Fsp3) is 0.529. The van der Waals surface area contributed by atoms with Crippen LogP contribution in [0, 0.1) is 5.92 Å². The van der Waals surface area contributed by atoms with Crippen LogP contribution in [-0.2, 0) is 16.1 Å². The number of likely N-dealkylation sites (tertiary alicyclic amines) is 1. The predicted octanol–water partition coefficient (Wildman–Crippen LogP) is 1.56. The van der Waals surface area contributed by atoms with Crippen LogP contribution < -0.4 is 5.73 Å². The first kappa shape index (κ1) is 17.8. The molecule has 126 valence electrons. The molecule has 0 saturated carbocycles. The lowest BCUT2D eigenvalue weighted by molar-refractivity contribution is -0.135. The highest BCUT2D eigenvalue weighted by molar-refractivity contribution is 7.98. The number of primary amides is 1. The minimum Gasteiger partial charge on any atom is -0.369 e. The number of nitrogens with two attached hydrogens (primary N) is 1. The molecule has 2 amide bonds. The molecule has 2 rings (SSSR count). The monoisotopic (exact) mass is 335 g/mol. The number of carbonyl (C=O) groups excluding carboxylic acids is 2. The van der Waals surface area contributed by atoms with Gasteiger partial charge < -0.3 is 10.6 Å². The molecule has 1 saturated heterocycles. The maximum absolute atomic E-state index is 12.4. The van der Waals surface area contributed by atoms with E-state index < -0.39 is 0 Å². The highest BCUT2D eigenvalue weighted by Gasteiger charge is 2.27. The van der Waals surface area contributed by atoms with E-state index in [-0.39, 0.29) is 17.7 Å². The molecule has 1 aliphatic heterocycles. The second-order valence-corrected chi connectivity index (χ2v) is 6.98. The molecule has 1 aromatic rings. The lowest BCUT2D eigenvalue weighted by Crippen LogP contribution is -2.47. The molecule has 1 fully saturated rings. The van der Waals surface area contributed by atoms with Crippen molar-refractivity contribution in [3.63, 3.8) is 0 Å². The molecular formula is C17H25N3O2S. The summed E-state index contributed by atoms with van der Waals surface area (Å²) in [6.45, 7) is 2.27. The Hall–Kier alpha value is -1.53. The summed E-state index contributed by atoms with van der Waals surface area (Å²) in [4.78, 5) is 28.7. The van der Waals surface area contributed by atoms with Gasteiger partial charge in [-0.15, -0.1) is 11.8 Å². The molecule has 0 bridgehead atoms. The number of nitrogens with zero attached hydrogens (tertiary/aromatic N) is 2. The van der Waals surface area contributed by atoms with Gasteiger partial charge in [-0.1, -0.05) is 12.1 Å². The van der Waals surface area contributed by atoms with Crippen LogP contribution in [0.5, 0.6) is 0 Å². The minimum absolute atomic E-state index is 0.0687. The molecule has 1 aromatic carbocycles. The first-order valence-electron chi connectivity index (χ1n) is 7.88. The Morgan fingerprint density at radius 1 is 1.35 bits per heavy atom. The largest absolute Gasteiger partial charge is 0.369 e. The molecule has 1 aliphatic rings. The van der Waals surface area contributed by atoms with E-state index in [9.17, 15) is 9.59 Å². The first-order chi connectivity index (χ1) is 11.0. The van der Waals surface area contributed by atoms with Gasteiger partial charge in [-0.2, -0.15) is 0 Å². The number of hydrogen-bond donors (Lipinski definition) is 1. The maximum atomic E-state index is 12.4. The Bertz CT molecular complexity index is 547. The van der Waals surface area contributed by atoms with Crippen LogP contribution in [0.1, 0.15) is 18.4 Å². The summed E-state index contributed by atoms with van der Waals surface area (Å²) in [7, 11) is 1.94. The highest BCUT2D eigenvalue weighted by Crippen LogP contribution is 2.17. The highest BCUT2D eigenvalue weighted by atomic mass is 32.2. The van der Waals surface area contributed by atoms with Crippen molar-refractivity contribution in [2.75, 3.05) is 32.9 Å². The fourth-order valence-electron chi connectivity index (χ4n) is 2.87. The van der Waals surface area contributed by atoms with Crippen molar-refractivity contribution < 1.29 is 9.59 Å². The number of hydrogen-bond acceptors (Lipinski definition) is 4. The number of thioether (sulfide) groups is 1. The smallest absolute Gasteiger partial charge is 0.236 e. The molecule has 0 aromatic heterocycles. The van der Waals surface area contributed by atoms with Crippen molar-refractivity contribution in [1.29, 1.82) is 0 Å². The van der Waals surface area contributed by atoms with Gasteiger partial charge in [-0.05, 0) is 43.8 Å². The third-order valence-electron chi connectivity index (χ3n) is 4.19. The van der Waals surface area contributed by atoms with Crippen LogP contribution in [0.15, 0.2) is 29.2 Å². The molecule has 1 atom stereocenters. The van der Waals surface area contributed by atoms with Crippen LogP contribution in [0.4, 0.5) is 0 Å². The summed E-state index contributed by atoms with van der Waals surface area (Å²) in [5.74, 6) is -0.430. The zero-order valence-electron chi connectivity index (χ0n) is 13.8. The van der Waals surface area contributed by atoms with Crippen molar-refractivity contribution in [3.05, 3.63) is 29.8 Å². The number of piperidine rings is 1. The average molecular weight is 335 g/mol. The Balaban J connectivity index is 1.85. The number of carbonyl (C=O) groups is 2. The van der Waals surface area contributed by atoms with Crippen molar-refractivity contribution >= 4 is 23.6 Å². The van der Waals surface area contributed by atoms with Crippen molar-refractivity contribution in [3.8, 4) is 0 Å². The van der Waals surface area contributed by atoms with Gasteiger partial charge in [0.2, 0.25) is 11.8 Å². The molecule has 23 heavy (non-hydrogen) atoms.